The third-order valence-electron chi connectivity index (χ3n) is 4.28. The molecule has 4 rings (SSSR count). The second kappa shape index (κ2) is 5.02. The molecule has 0 spiro atoms. The van der Waals surface area contributed by atoms with Crippen LogP contribution in [0.2, 0.25) is 0 Å². The normalized spacial score (nSPS) is 13.0. The number of carbonyl (C=O) groups is 1. The van der Waals surface area contributed by atoms with E-state index in [-0.39, 0.29) is 11.7 Å². The van der Waals surface area contributed by atoms with Crippen molar-refractivity contribution in [3.8, 4) is 22.6 Å². The standard InChI is InChI=1S/C19H15NO3/c1-23-14-6-3-11(4-7-14)18-15-9-13(21)5-2-12(15)8-16-17(18)10-20-19(16)22/h2-9,21H,10H2,1H3,(H,20,22). The SMILES string of the molecule is COc1ccc(-c2c3c(cc4ccc(O)cc24)C(=O)NC3)cc1. The fourth-order valence-corrected chi connectivity index (χ4v) is 3.16. The highest BCUT2D eigenvalue weighted by Gasteiger charge is 2.24. The van der Waals surface area contributed by atoms with Crippen LogP contribution in [0.15, 0.2) is 48.5 Å². The number of rotatable bonds is 2. The predicted octanol–water partition coefficient (Wildman–Crippen LogP) is 3.46. The van der Waals surface area contributed by atoms with Crippen LogP contribution in [0.5, 0.6) is 11.5 Å². The third-order valence-corrected chi connectivity index (χ3v) is 4.28. The molecule has 4 heteroatoms. The molecule has 0 unspecified atom stereocenters. The molecule has 1 amide bonds. The third kappa shape index (κ3) is 2.11. The second-order valence-corrected chi connectivity index (χ2v) is 5.59. The maximum absolute atomic E-state index is 12.1. The van der Waals surface area contributed by atoms with Crippen molar-refractivity contribution in [3.63, 3.8) is 0 Å². The average molecular weight is 305 g/mol. The van der Waals surface area contributed by atoms with Gasteiger partial charge in [0.15, 0.2) is 0 Å². The van der Waals surface area contributed by atoms with Gasteiger partial charge in [-0.25, -0.2) is 0 Å². The van der Waals surface area contributed by atoms with Crippen LogP contribution in [0, 0.1) is 0 Å². The number of phenolic OH excluding ortho intramolecular Hbond substituents is 1. The molecule has 0 radical (unpaired) electrons. The zero-order chi connectivity index (χ0) is 16.0. The topological polar surface area (TPSA) is 58.6 Å². The van der Waals surface area contributed by atoms with Gasteiger partial charge in [-0.15, -0.1) is 0 Å². The summed E-state index contributed by atoms with van der Waals surface area (Å²) in [6.07, 6.45) is 0. The Hall–Kier alpha value is -3.01. The van der Waals surface area contributed by atoms with E-state index in [9.17, 15) is 9.90 Å². The van der Waals surface area contributed by atoms with Gasteiger partial charge in [0, 0.05) is 12.1 Å². The number of hydrogen-bond acceptors (Lipinski definition) is 3. The van der Waals surface area contributed by atoms with Crippen LogP contribution >= 0.6 is 0 Å². The Balaban J connectivity index is 2.06. The van der Waals surface area contributed by atoms with Crippen LogP contribution in [-0.4, -0.2) is 18.1 Å². The summed E-state index contributed by atoms with van der Waals surface area (Å²) in [6.45, 7) is 0.501. The molecule has 1 aliphatic rings. The Morgan fingerprint density at radius 2 is 1.87 bits per heavy atom. The van der Waals surface area contributed by atoms with Gasteiger partial charge in [-0.05, 0) is 57.8 Å². The van der Waals surface area contributed by atoms with Crippen LogP contribution in [0.25, 0.3) is 21.9 Å². The van der Waals surface area contributed by atoms with Crippen molar-refractivity contribution < 1.29 is 14.6 Å². The highest BCUT2D eigenvalue weighted by Crippen LogP contribution is 2.38. The molecular weight excluding hydrogens is 290 g/mol. The molecule has 0 atom stereocenters. The molecule has 114 valence electrons. The van der Waals surface area contributed by atoms with Gasteiger partial charge in [0.05, 0.1) is 7.11 Å². The second-order valence-electron chi connectivity index (χ2n) is 5.59. The van der Waals surface area contributed by atoms with Gasteiger partial charge in [-0.1, -0.05) is 18.2 Å². The Bertz CT molecular complexity index is 929. The number of fused-ring (bicyclic) bond motifs is 2. The zero-order valence-corrected chi connectivity index (χ0v) is 12.6. The molecule has 0 aliphatic carbocycles. The average Bonchev–Trinajstić information content (AvgIpc) is 2.94. The number of nitrogens with one attached hydrogen (secondary N) is 1. The van der Waals surface area contributed by atoms with Crippen molar-refractivity contribution in [3.05, 3.63) is 59.7 Å². The minimum Gasteiger partial charge on any atom is -0.508 e. The van der Waals surface area contributed by atoms with Crippen LogP contribution in [0.4, 0.5) is 0 Å². The van der Waals surface area contributed by atoms with Crippen LogP contribution in [0.1, 0.15) is 15.9 Å². The number of amides is 1. The predicted molar refractivity (Wildman–Crippen MR) is 88.8 cm³/mol. The van der Waals surface area contributed by atoms with E-state index in [1.54, 1.807) is 19.2 Å². The summed E-state index contributed by atoms with van der Waals surface area (Å²) in [5.41, 5.74) is 3.65. The number of ether oxygens (including phenoxy) is 1. The fraction of sp³-hybridized carbons (Fsp3) is 0.105. The van der Waals surface area contributed by atoms with Crippen molar-refractivity contribution in [1.82, 2.24) is 5.32 Å². The molecule has 23 heavy (non-hydrogen) atoms. The molecule has 0 saturated heterocycles. The van der Waals surface area contributed by atoms with E-state index in [2.05, 4.69) is 5.32 Å². The minimum absolute atomic E-state index is 0.0512. The molecular formula is C19H15NO3. The number of carbonyl (C=O) groups excluding carboxylic acids is 1. The van der Waals surface area contributed by atoms with E-state index in [4.69, 9.17) is 4.74 Å². The lowest BCUT2D eigenvalue weighted by Crippen LogP contribution is -2.12. The van der Waals surface area contributed by atoms with Crippen LogP contribution in [0.3, 0.4) is 0 Å². The summed E-state index contributed by atoms with van der Waals surface area (Å²) in [4.78, 5) is 12.1. The van der Waals surface area contributed by atoms with E-state index in [1.807, 2.05) is 36.4 Å². The largest absolute Gasteiger partial charge is 0.508 e. The van der Waals surface area contributed by atoms with E-state index >= 15 is 0 Å². The first-order valence-electron chi connectivity index (χ1n) is 7.38. The fourth-order valence-electron chi connectivity index (χ4n) is 3.16. The van der Waals surface area contributed by atoms with Crippen molar-refractivity contribution in [2.75, 3.05) is 7.11 Å². The van der Waals surface area contributed by atoms with Gasteiger partial charge in [-0.3, -0.25) is 4.79 Å². The number of benzene rings is 3. The molecule has 0 fully saturated rings. The maximum atomic E-state index is 12.1. The van der Waals surface area contributed by atoms with Crippen LogP contribution in [-0.2, 0) is 6.54 Å². The summed E-state index contributed by atoms with van der Waals surface area (Å²) in [5, 5.41) is 14.6. The van der Waals surface area contributed by atoms with Gasteiger partial charge in [0.1, 0.15) is 11.5 Å². The molecule has 4 nitrogen and oxygen atoms in total. The molecule has 0 aromatic heterocycles. The molecule has 0 saturated carbocycles. The first-order valence-corrected chi connectivity index (χ1v) is 7.38. The Labute approximate surface area is 133 Å². The molecule has 0 bridgehead atoms. The maximum Gasteiger partial charge on any atom is 0.251 e. The number of methoxy groups -OCH3 is 1. The molecule has 3 aromatic carbocycles. The van der Waals surface area contributed by atoms with E-state index in [0.29, 0.717) is 12.1 Å². The van der Waals surface area contributed by atoms with Crippen LogP contribution < -0.4 is 10.1 Å². The Morgan fingerprint density at radius 3 is 2.61 bits per heavy atom. The highest BCUT2D eigenvalue weighted by atomic mass is 16.5. The van der Waals surface area contributed by atoms with Gasteiger partial charge >= 0.3 is 0 Å². The lowest BCUT2D eigenvalue weighted by molar-refractivity contribution is 0.0966. The lowest BCUT2D eigenvalue weighted by Gasteiger charge is -2.13. The smallest absolute Gasteiger partial charge is 0.251 e. The van der Waals surface area contributed by atoms with Crippen molar-refractivity contribution >= 4 is 16.7 Å². The molecule has 2 N–H and O–H groups in total. The van der Waals surface area contributed by atoms with Gasteiger partial charge in [0.2, 0.25) is 0 Å². The Morgan fingerprint density at radius 1 is 1.09 bits per heavy atom. The number of aromatic hydroxyl groups is 1. The first kappa shape index (κ1) is 13.6. The minimum atomic E-state index is -0.0512. The van der Waals surface area contributed by atoms with E-state index < -0.39 is 0 Å². The number of phenols is 1. The number of hydrogen-bond donors (Lipinski definition) is 2. The highest BCUT2D eigenvalue weighted by molar-refractivity contribution is 6.09. The van der Waals surface area contributed by atoms with Gasteiger partial charge < -0.3 is 15.2 Å². The summed E-state index contributed by atoms with van der Waals surface area (Å²) in [7, 11) is 1.63. The van der Waals surface area contributed by atoms with Crippen molar-refractivity contribution in [1.29, 1.82) is 0 Å². The van der Waals surface area contributed by atoms with Gasteiger partial charge in [-0.2, -0.15) is 0 Å². The monoisotopic (exact) mass is 305 g/mol. The molecule has 1 heterocycles. The molecule has 1 aliphatic heterocycles. The quantitative estimate of drug-likeness (QED) is 0.762. The lowest BCUT2D eigenvalue weighted by atomic mass is 9.90. The molecule has 3 aromatic rings. The van der Waals surface area contributed by atoms with Crippen molar-refractivity contribution in [2.24, 2.45) is 0 Å². The summed E-state index contributed by atoms with van der Waals surface area (Å²) in [5.74, 6) is 0.942. The first-order chi connectivity index (χ1) is 11.2. The zero-order valence-electron chi connectivity index (χ0n) is 12.6. The Kier molecular flexibility index (Phi) is 2.98. The summed E-state index contributed by atoms with van der Waals surface area (Å²) < 4.78 is 5.21. The summed E-state index contributed by atoms with van der Waals surface area (Å²) in [6, 6.07) is 14.9. The van der Waals surface area contributed by atoms with E-state index in [0.717, 1.165) is 33.2 Å². The van der Waals surface area contributed by atoms with Crippen molar-refractivity contribution in [2.45, 2.75) is 6.54 Å². The summed E-state index contributed by atoms with van der Waals surface area (Å²) >= 11 is 0. The van der Waals surface area contributed by atoms with Gasteiger partial charge in [0.25, 0.3) is 5.91 Å². The van der Waals surface area contributed by atoms with E-state index in [1.165, 1.54) is 0 Å².